The highest BCUT2D eigenvalue weighted by Gasteiger charge is 2.46. The fourth-order valence-corrected chi connectivity index (χ4v) is 6.89. The molecule has 5 heteroatoms. The van der Waals surface area contributed by atoms with Gasteiger partial charge < -0.3 is 9.47 Å². The van der Waals surface area contributed by atoms with Crippen LogP contribution in [-0.4, -0.2) is 31.4 Å². The van der Waals surface area contributed by atoms with Crippen molar-refractivity contribution in [1.29, 1.82) is 0 Å². The maximum atomic E-state index is 5.21. The van der Waals surface area contributed by atoms with E-state index in [2.05, 4.69) is 90.9 Å². The molecular formula is C28H28N4S. The number of aromatic nitrogens is 2. The Bertz CT molecular complexity index is 1350. The molecule has 2 aliphatic rings. The number of aliphatic imine (C=N–C) groups is 1. The van der Waals surface area contributed by atoms with Crippen LogP contribution in [0.5, 0.6) is 0 Å². The van der Waals surface area contributed by atoms with E-state index < -0.39 is 0 Å². The Morgan fingerprint density at radius 2 is 1.82 bits per heavy atom. The van der Waals surface area contributed by atoms with Gasteiger partial charge >= 0.3 is 0 Å². The van der Waals surface area contributed by atoms with Gasteiger partial charge in [0.05, 0.1) is 17.4 Å². The summed E-state index contributed by atoms with van der Waals surface area (Å²) in [6, 6.07) is 24.5. The molecule has 1 saturated heterocycles. The molecule has 2 aromatic heterocycles. The quantitative estimate of drug-likeness (QED) is 0.349. The molecule has 4 heterocycles. The van der Waals surface area contributed by atoms with Gasteiger partial charge in [-0.15, -0.1) is 0 Å². The van der Waals surface area contributed by atoms with Gasteiger partial charge in [-0.05, 0) is 55.5 Å². The molecule has 2 aromatic carbocycles. The zero-order chi connectivity index (χ0) is 22.5. The first kappa shape index (κ1) is 20.5. The lowest BCUT2D eigenvalue weighted by Crippen LogP contribution is -2.35. The summed E-state index contributed by atoms with van der Waals surface area (Å²) in [6.07, 6.45) is 3.01. The van der Waals surface area contributed by atoms with Crippen LogP contribution in [-0.2, 0) is 0 Å². The van der Waals surface area contributed by atoms with Crippen molar-refractivity contribution < 1.29 is 0 Å². The molecule has 3 atom stereocenters. The van der Waals surface area contributed by atoms with Crippen LogP contribution < -0.4 is 0 Å². The third-order valence-electron chi connectivity index (χ3n) is 7.13. The Morgan fingerprint density at radius 3 is 2.64 bits per heavy atom. The number of hydrogen-bond donors (Lipinski definition) is 0. The number of amidine groups is 1. The Morgan fingerprint density at radius 1 is 1.00 bits per heavy atom. The minimum absolute atomic E-state index is 0.0181. The smallest absolute Gasteiger partial charge is 0.160 e. The summed E-state index contributed by atoms with van der Waals surface area (Å²) in [5.74, 6) is 1.11. The predicted octanol–water partition coefficient (Wildman–Crippen LogP) is 6.62. The standard InChI is InChI=1S/C28H28N4S/c1-4-21-17-33-28-30-26(24-13-7-8-15-29-24)27(32(21)28)23-16-18(2)31(19(23)3)25-14-9-11-20-10-5-6-12-22(20)25/h5-16,21,26-27H,4,17H2,1-3H3. The van der Waals surface area contributed by atoms with E-state index in [1.54, 1.807) is 0 Å². The van der Waals surface area contributed by atoms with E-state index >= 15 is 0 Å². The van der Waals surface area contributed by atoms with Gasteiger partial charge in [0.2, 0.25) is 0 Å². The third kappa shape index (κ3) is 3.21. The monoisotopic (exact) mass is 452 g/mol. The first-order valence-corrected chi connectivity index (χ1v) is 12.7. The van der Waals surface area contributed by atoms with Crippen LogP contribution in [0.1, 0.15) is 48.1 Å². The van der Waals surface area contributed by atoms with Crippen molar-refractivity contribution in [2.75, 3.05) is 5.75 Å². The molecule has 1 fully saturated rings. The molecule has 6 rings (SSSR count). The largest absolute Gasteiger partial charge is 0.338 e. The van der Waals surface area contributed by atoms with E-state index in [-0.39, 0.29) is 12.1 Å². The Kier molecular flexibility index (Phi) is 5.02. The second-order valence-corrected chi connectivity index (χ2v) is 9.98. The maximum absolute atomic E-state index is 5.21. The molecule has 3 unspecified atom stereocenters. The highest BCUT2D eigenvalue weighted by Crippen LogP contribution is 2.50. The summed E-state index contributed by atoms with van der Waals surface area (Å²) in [4.78, 5) is 12.5. The summed E-state index contributed by atoms with van der Waals surface area (Å²) >= 11 is 1.90. The fraction of sp³-hybridized carbons (Fsp3) is 0.286. The number of rotatable bonds is 4. The molecule has 0 radical (unpaired) electrons. The van der Waals surface area contributed by atoms with Crippen molar-refractivity contribution in [2.24, 2.45) is 4.99 Å². The van der Waals surface area contributed by atoms with Crippen LogP contribution in [0.4, 0.5) is 0 Å². The summed E-state index contributed by atoms with van der Waals surface area (Å²) < 4.78 is 2.43. The highest BCUT2D eigenvalue weighted by molar-refractivity contribution is 8.14. The maximum Gasteiger partial charge on any atom is 0.160 e. The average Bonchev–Trinajstić information content (AvgIpc) is 3.50. The van der Waals surface area contributed by atoms with Gasteiger partial charge in [0.25, 0.3) is 0 Å². The number of hydrogen-bond acceptors (Lipinski definition) is 4. The predicted molar refractivity (Wildman–Crippen MR) is 138 cm³/mol. The molecular weight excluding hydrogens is 424 g/mol. The Hall–Kier alpha value is -3.05. The number of benzene rings is 2. The van der Waals surface area contributed by atoms with Crippen molar-refractivity contribution in [3.05, 3.63) is 95.6 Å². The number of fused-ring (bicyclic) bond motifs is 2. The van der Waals surface area contributed by atoms with Crippen LogP contribution in [0.3, 0.4) is 0 Å². The average molecular weight is 453 g/mol. The van der Waals surface area contributed by atoms with Gasteiger partial charge in [-0.3, -0.25) is 9.98 Å². The molecule has 0 N–H and O–H groups in total. The van der Waals surface area contributed by atoms with Crippen LogP contribution in [0.25, 0.3) is 16.5 Å². The summed E-state index contributed by atoms with van der Waals surface area (Å²) in [5, 5.41) is 3.72. The van der Waals surface area contributed by atoms with Crippen molar-refractivity contribution in [3.8, 4) is 5.69 Å². The summed E-state index contributed by atoms with van der Waals surface area (Å²) in [7, 11) is 0. The number of nitrogens with zero attached hydrogens (tertiary/aromatic N) is 4. The molecule has 0 spiro atoms. The van der Waals surface area contributed by atoms with Gasteiger partial charge in [-0.1, -0.05) is 61.2 Å². The van der Waals surface area contributed by atoms with Crippen molar-refractivity contribution >= 4 is 27.7 Å². The number of thioether (sulfide) groups is 1. The third-order valence-corrected chi connectivity index (χ3v) is 8.25. The van der Waals surface area contributed by atoms with Crippen LogP contribution >= 0.6 is 11.8 Å². The fourth-order valence-electron chi connectivity index (χ4n) is 5.55. The molecule has 4 nitrogen and oxygen atoms in total. The second kappa shape index (κ2) is 8.07. The van der Waals surface area contributed by atoms with Crippen LogP contribution in [0.15, 0.2) is 77.9 Å². The van der Waals surface area contributed by atoms with E-state index in [0.29, 0.717) is 6.04 Å². The van der Waals surface area contributed by atoms with Crippen LogP contribution in [0, 0.1) is 13.8 Å². The topological polar surface area (TPSA) is 33.4 Å². The minimum Gasteiger partial charge on any atom is -0.338 e. The lowest BCUT2D eigenvalue weighted by atomic mass is 9.95. The van der Waals surface area contributed by atoms with Crippen molar-refractivity contribution in [3.63, 3.8) is 0 Å². The Balaban J connectivity index is 1.52. The molecule has 2 aliphatic heterocycles. The second-order valence-electron chi connectivity index (χ2n) is 9.00. The van der Waals surface area contributed by atoms with Gasteiger partial charge in [-0.2, -0.15) is 0 Å². The summed E-state index contributed by atoms with van der Waals surface area (Å²) in [6.45, 7) is 6.78. The van der Waals surface area contributed by atoms with Crippen LogP contribution in [0.2, 0.25) is 0 Å². The molecule has 33 heavy (non-hydrogen) atoms. The lowest BCUT2D eigenvalue weighted by Gasteiger charge is -2.32. The van der Waals surface area contributed by atoms with Gasteiger partial charge in [0.15, 0.2) is 5.17 Å². The first-order valence-electron chi connectivity index (χ1n) is 11.7. The van der Waals surface area contributed by atoms with E-state index in [1.807, 2.05) is 24.0 Å². The van der Waals surface area contributed by atoms with Gasteiger partial charge in [0.1, 0.15) is 6.04 Å². The zero-order valence-electron chi connectivity index (χ0n) is 19.3. The summed E-state index contributed by atoms with van der Waals surface area (Å²) in [5.41, 5.74) is 6.20. The number of pyridine rings is 1. The van der Waals surface area contributed by atoms with E-state index in [0.717, 1.165) is 17.9 Å². The molecule has 0 amide bonds. The molecule has 0 saturated carbocycles. The van der Waals surface area contributed by atoms with Gasteiger partial charge in [-0.25, -0.2) is 0 Å². The van der Waals surface area contributed by atoms with E-state index in [4.69, 9.17) is 9.98 Å². The normalized spacial score (nSPS) is 22.1. The van der Waals surface area contributed by atoms with E-state index in [9.17, 15) is 0 Å². The lowest BCUT2D eigenvalue weighted by molar-refractivity contribution is 0.254. The molecule has 4 aromatic rings. The zero-order valence-corrected chi connectivity index (χ0v) is 20.1. The van der Waals surface area contributed by atoms with Crippen molar-refractivity contribution in [2.45, 2.75) is 45.3 Å². The molecule has 0 bridgehead atoms. The molecule has 166 valence electrons. The minimum atomic E-state index is 0.0181. The number of aryl methyl sites for hydroxylation is 1. The molecule has 0 aliphatic carbocycles. The highest BCUT2D eigenvalue weighted by atomic mass is 32.2. The Labute approximate surface area is 199 Å². The first-order chi connectivity index (χ1) is 16.2. The SMILES string of the molecule is CCC1CSC2=NC(c3ccccn3)C(c3cc(C)n(-c4cccc5ccccc45)c3C)N21. The van der Waals surface area contributed by atoms with Crippen molar-refractivity contribution in [1.82, 2.24) is 14.5 Å². The van der Waals surface area contributed by atoms with E-state index in [1.165, 1.54) is 38.6 Å². The van der Waals surface area contributed by atoms with Gasteiger partial charge in [0, 0.05) is 34.8 Å².